The highest BCUT2D eigenvalue weighted by Crippen LogP contribution is 2.40. The Labute approximate surface area is 219 Å². The molecule has 0 radical (unpaired) electrons. The van der Waals surface area contributed by atoms with Crippen LogP contribution in [-0.4, -0.2) is 45.0 Å². The van der Waals surface area contributed by atoms with E-state index >= 15 is 0 Å². The van der Waals surface area contributed by atoms with Gasteiger partial charge in [0.05, 0.1) is 19.6 Å². The van der Waals surface area contributed by atoms with Gasteiger partial charge in [-0.15, -0.1) is 0 Å². The third-order valence-corrected chi connectivity index (χ3v) is 7.18. The number of likely N-dealkylation sites (tertiary alicyclic amines) is 1. The Morgan fingerprint density at radius 3 is 2.55 bits per heavy atom. The van der Waals surface area contributed by atoms with E-state index in [0.29, 0.717) is 23.5 Å². The third-order valence-electron chi connectivity index (χ3n) is 7.18. The van der Waals surface area contributed by atoms with Gasteiger partial charge >= 0.3 is 0 Å². The van der Waals surface area contributed by atoms with Crippen LogP contribution >= 0.6 is 0 Å². The zero-order valence-corrected chi connectivity index (χ0v) is 21.7. The number of aromatic amines is 1. The molecule has 0 spiro atoms. The van der Waals surface area contributed by atoms with Crippen LogP contribution in [0.5, 0.6) is 0 Å². The second-order valence-corrected chi connectivity index (χ2v) is 10.4. The van der Waals surface area contributed by atoms with Gasteiger partial charge in [-0.3, -0.25) is 19.0 Å². The zero-order valence-electron chi connectivity index (χ0n) is 21.7. The summed E-state index contributed by atoms with van der Waals surface area (Å²) < 4.78 is 28.6. The number of nitrogens with one attached hydrogen (secondary N) is 3. The van der Waals surface area contributed by atoms with E-state index in [2.05, 4.69) is 22.5 Å². The smallest absolute Gasteiger partial charge is 0.265 e. The summed E-state index contributed by atoms with van der Waals surface area (Å²) in [5.41, 5.74) is 3.20. The molecule has 2 aromatic heterocycles. The molecule has 3 aromatic rings. The predicted octanol–water partition coefficient (Wildman–Crippen LogP) is 3.67. The molecule has 3 N–H and O–H groups in total. The van der Waals surface area contributed by atoms with E-state index < -0.39 is 17.1 Å². The van der Waals surface area contributed by atoms with Crippen molar-refractivity contribution in [2.24, 2.45) is 0 Å². The summed E-state index contributed by atoms with van der Waals surface area (Å²) >= 11 is 0. The monoisotopic (exact) mass is 523 g/mol. The largest absolute Gasteiger partial charge is 0.365 e. The maximum atomic E-state index is 14.1. The van der Waals surface area contributed by atoms with Crippen LogP contribution in [0, 0.1) is 12.7 Å². The van der Waals surface area contributed by atoms with E-state index in [1.165, 1.54) is 28.5 Å². The van der Waals surface area contributed by atoms with E-state index in [1.54, 1.807) is 18.2 Å². The topological polar surface area (TPSA) is 99.2 Å². The number of carbonyl (C=O) groups excluding carboxylic acids is 2. The van der Waals surface area contributed by atoms with Crippen LogP contribution in [0.15, 0.2) is 35.1 Å². The Balaban J connectivity index is 1.55. The molecule has 8 nitrogen and oxygen atoms in total. The van der Waals surface area contributed by atoms with Gasteiger partial charge in [-0.25, -0.2) is 8.78 Å². The number of H-pyrrole nitrogens is 1. The molecule has 2 aliphatic rings. The number of rotatable bonds is 7. The van der Waals surface area contributed by atoms with Gasteiger partial charge in [-0.1, -0.05) is 25.5 Å². The number of amides is 2. The van der Waals surface area contributed by atoms with Crippen molar-refractivity contribution in [1.29, 1.82) is 0 Å². The Hall–Kier alpha value is -3.95. The molecule has 4 heterocycles. The predicted molar refractivity (Wildman–Crippen MR) is 140 cm³/mol. The molecule has 10 heteroatoms. The zero-order chi connectivity index (χ0) is 27.2. The lowest BCUT2D eigenvalue weighted by Gasteiger charge is -2.42. The van der Waals surface area contributed by atoms with Gasteiger partial charge in [0.1, 0.15) is 29.4 Å². The van der Waals surface area contributed by atoms with E-state index in [9.17, 15) is 23.2 Å². The highest BCUT2D eigenvalue weighted by molar-refractivity contribution is 5.97. The lowest BCUT2D eigenvalue weighted by Crippen LogP contribution is -2.60. The summed E-state index contributed by atoms with van der Waals surface area (Å²) in [5, 5.41) is 6.00. The van der Waals surface area contributed by atoms with Gasteiger partial charge in [-0.2, -0.15) is 0 Å². The van der Waals surface area contributed by atoms with Crippen molar-refractivity contribution in [2.75, 3.05) is 18.4 Å². The Morgan fingerprint density at radius 2 is 1.89 bits per heavy atom. The third kappa shape index (κ3) is 4.70. The highest BCUT2D eigenvalue weighted by Gasteiger charge is 2.41. The fraction of sp³-hybridized carbons (Fsp3) is 0.393. The van der Waals surface area contributed by atoms with Crippen molar-refractivity contribution in [3.8, 4) is 11.1 Å². The molecule has 2 amide bonds. The average molecular weight is 524 g/mol. The number of alkyl halides is 1. The van der Waals surface area contributed by atoms with Crippen LogP contribution in [-0.2, 0) is 30.8 Å². The minimum atomic E-state index is -1.44. The maximum Gasteiger partial charge on any atom is 0.265 e. The Kier molecular flexibility index (Phi) is 6.58. The number of hydrogen-bond donors (Lipinski definition) is 3. The lowest BCUT2D eigenvalue weighted by molar-refractivity contribution is -0.144. The van der Waals surface area contributed by atoms with Gasteiger partial charge in [0.15, 0.2) is 0 Å². The molecule has 0 bridgehead atoms. The summed E-state index contributed by atoms with van der Waals surface area (Å²) in [6.07, 6.45) is 1.72. The molecule has 1 fully saturated rings. The van der Waals surface area contributed by atoms with Gasteiger partial charge in [-0.05, 0) is 49.6 Å². The molecule has 5 rings (SSSR count). The van der Waals surface area contributed by atoms with Gasteiger partial charge in [0.2, 0.25) is 5.91 Å². The van der Waals surface area contributed by atoms with Crippen molar-refractivity contribution in [1.82, 2.24) is 19.8 Å². The number of aryl methyl sites for hydroxylation is 1. The molecule has 38 heavy (non-hydrogen) atoms. The van der Waals surface area contributed by atoms with Crippen LogP contribution in [0.1, 0.15) is 53.1 Å². The van der Waals surface area contributed by atoms with Crippen molar-refractivity contribution < 1.29 is 18.4 Å². The number of pyridine rings is 1. The molecule has 200 valence electrons. The van der Waals surface area contributed by atoms with E-state index in [-0.39, 0.29) is 43.5 Å². The standard InChI is InChI=1S/C28H31F2N5O3/c1-4-5-19-16(2)33-22-12-31-25-20(24(19)22)10-21(26(37)32-11-17-6-8-18(29)9-7-17)27(38)35(25)13-23(36)34-14-28(3,30)15-34/h6-10,31,33H,4-5,11-15H2,1-3H3,(H,32,37). The first-order valence-electron chi connectivity index (χ1n) is 12.8. The van der Waals surface area contributed by atoms with E-state index in [1.807, 2.05) is 6.92 Å². The number of hydrogen-bond acceptors (Lipinski definition) is 4. The summed E-state index contributed by atoms with van der Waals surface area (Å²) in [6.45, 7) is 5.67. The van der Waals surface area contributed by atoms with Gasteiger partial charge < -0.3 is 20.5 Å². The first-order valence-corrected chi connectivity index (χ1v) is 12.8. The lowest BCUT2D eigenvalue weighted by atomic mass is 9.94. The van der Waals surface area contributed by atoms with Gasteiger partial charge in [0, 0.05) is 29.1 Å². The fourth-order valence-corrected chi connectivity index (χ4v) is 5.33. The first-order chi connectivity index (χ1) is 18.1. The van der Waals surface area contributed by atoms with E-state index in [0.717, 1.165) is 35.4 Å². The highest BCUT2D eigenvalue weighted by atomic mass is 19.1. The minimum Gasteiger partial charge on any atom is -0.365 e. The van der Waals surface area contributed by atoms with Crippen molar-refractivity contribution in [3.05, 3.63) is 74.6 Å². The van der Waals surface area contributed by atoms with Crippen molar-refractivity contribution in [3.63, 3.8) is 0 Å². The Bertz CT molecular complexity index is 1470. The van der Waals surface area contributed by atoms with Crippen LogP contribution in [0.25, 0.3) is 11.1 Å². The van der Waals surface area contributed by atoms with Crippen LogP contribution in [0.2, 0.25) is 0 Å². The van der Waals surface area contributed by atoms with E-state index in [4.69, 9.17) is 0 Å². The second kappa shape index (κ2) is 9.74. The number of aromatic nitrogens is 2. The quantitative estimate of drug-likeness (QED) is 0.440. The number of anilines is 1. The Morgan fingerprint density at radius 1 is 1.18 bits per heavy atom. The molecule has 0 saturated carbocycles. The summed E-state index contributed by atoms with van der Waals surface area (Å²) in [7, 11) is 0. The van der Waals surface area contributed by atoms with Crippen molar-refractivity contribution in [2.45, 2.75) is 58.9 Å². The fourth-order valence-electron chi connectivity index (χ4n) is 5.33. The number of benzene rings is 1. The summed E-state index contributed by atoms with van der Waals surface area (Å²) in [5.74, 6) is -0.906. The summed E-state index contributed by atoms with van der Waals surface area (Å²) in [6, 6.07) is 7.29. The average Bonchev–Trinajstić information content (AvgIpc) is 3.18. The van der Waals surface area contributed by atoms with Crippen LogP contribution in [0.3, 0.4) is 0 Å². The molecule has 0 aliphatic carbocycles. The first kappa shape index (κ1) is 25.7. The SMILES string of the molecule is CCCc1c(C)[nH]c2c1-c1cc(C(=O)NCc3ccc(F)cc3)c(=O)n(CC(=O)N3CC(C)(F)C3)c1NC2. The number of fused-ring (bicyclic) bond motifs is 3. The molecule has 2 aliphatic heterocycles. The number of carbonyl (C=O) groups is 2. The van der Waals surface area contributed by atoms with Gasteiger partial charge in [0.25, 0.3) is 11.5 Å². The van der Waals surface area contributed by atoms with Crippen molar-refractivity contribution >= 4 is 17.6 Å². The summed E-state index contributed by atoms with van der Waals surface area (Å²) in [4.78, 5) is 44.7. The van der Waals surface area contributed by atoms with Crippen LogP contribution < -0.4 is 16.2 Å². The number of nitrogens with zero attached hydrogens (tertiary/aromatic N) is 2. The second-order valence-electron chi connectivity index (χ2n) is 10.4. The molecular formula is C28H31F2N5O3. The normalized spacial score (nSPS) is 15.2. The number of halogens is 2. The molecule has 0 atom stereocenters. The molecule has 1 saturated heterocycles. The molecule has 0 unspecified atom stereocenters. The molecular weight excluding hydrogens is 492 g/mol. The molecule has 1 aromatic carbocycles. The minimum absolute atomic E-state index is 0.0319. The van der Waals surface area contributed by atoms with Crippen LogP contribution in [0.4, 0.5) is 14.6 Å². The maximum absolute atomic E-state index is 14.1.